The molecule has 0 fully saturated rings. The van der Waals surface area contributed by atoms with Crippen LogP contribution < -0.4 is 10.1 Å². The average molecular weight is 279 g/mol. The number of methoxy groups -OCH3 is 1. The highest BCUT2D eigenvalue weighted by atomic mass is 16.5. The number of imidazole rings is 1. The van der Waals surface area contributed by atoms with Gasteiger partial charge in [-0.3, -0.25) is 0 Å². The second kappa shape index (κ2) is 5.71. The molecule has 0 bridgehead atoms. The smallest absolute Gasteiger partial charge is 0.205 e. The first-order valence-corrected chi connectivity index (χ1v) is 6.78. The highest BCUT2D eigenvalue weighted by Crippen LogP contribution is 2.23. The van der Waals surface area contributed by atoms with Gasteiger partial charge in [0.15, 0.2) is 0 Å². The Morgan fingerprint density at radius 3 is 2.38 bits per heavy atom. The van der Waals surface area contributed by atoms with Crippen LogP contribution in [0.4, 0.5) is 11.6 Å². The van der Waals surface area contributed by atoms with E-state index in [2.05, 4.69) is 34.3 Å². The number of rotatable bonds is 4. The highest BCUT2D eigenvalue weighted by Gasteiger charge is 2.04. The summed E-state index contributed by atoms with van der Waals surface area (Å²) in [5.74, 6) is 1.57. The van der Waals surface area contributed by atoms with Crippen LogP contribution >= 0.6 is 0 Å². The minimum Gasteiger partial charge on any atom is -0.497 e. The number of nitrogens with one attached hydrogen (secondary N) is 2. The van der Waals surface area contributed by atoms with E-state index in [1.54, 1.807) is 7.11 Å². The van der Waals surface area contributed by atoms with Gasteiger partial charge in [-0.25, -0.2) is 4.98 Å². The largest absolute Gasteiger partial charge is 0.497 e. The van der Waals surface area contributed by atoms with Gasteiger partial charge < -0.3 is 15.0 Å². The quantitative estimate of drug-likeness (QED) is 0.754. The Balaban J connectivity index is 1.77. The minimum atomic E-state index is 0.727. The maximum absolute atomic E-state index is 5.16. The fraction of sp³-hybridized carbons (Fsp3) is 0.118. The standard InChI is InChI=1S/C17H17N3O/c1-12-3-7-14(8-4-12)19-17-18-11-16(20-17)13-5-9-15(21-2)10-6-13/h3-11H,1-2H3,(H2,18,19,20). The van der Waals surface area contributed by atoms with Crippen LogP contribution in [0, 0.1) is 6.92 Å². The Hall–Kier alpha value is -2.75. The number of ether oxygens (including phenoxy) is 1. The molecule has 0 aliphatic rings. The maximum Gasteiger partial charge on any atom is 0.205 e. The number of H-pyrrole nitrogens is 1. The molecule has 0 radical (unpaired) electrons. The minimum absolute atomic E-state index is 0.727. The van der Waals surface area contributed by atoms with Crippen molar-refractivity contribution in [2.45, 2.75) is 6.92 Å². The molecule has 21 heavy (non-hydrogen) atoms. The third-order valence-corrected chi connectivity index (χ3v) is 3.29. The Kier molecular flexibility index (Phi) is 3.60. The molecule has 0 saturated carbocycles. The van der Waals surface area contributed by atoms with Gasteiger partial charge in [-0.1, -0.05) is 17.7 Å². The molecule has 106 valence electrons. The van der Waals surface area contributed by atoms with Crippen molar-refractivity contribution in [3.05, 3.63) is 60.3 Å². The van der Waals surface area contributed by atoms with Crippen molar-refractivity contribution in [3.63, 3.8) is 0 Å². The molecule has 3 aromatic rings. The van der Waals surface area contributed by atoms with Crippen LogP contribution in [0.2, 0.25) is 0 Å². The third-order valence-electron chi connectivity index (χ3n) is 3.29. The Bertz CT molecular complexity index is 715. The molecule has 4 heteroatoms. The molecule has 0 aliphatic carbocycles. The van der Waals surface area contributed by atoms with Gasteiger partial charge in [0, 0.05) is 5.69 Å². The summed E-state index contributed by atoms with van der Waals surface area (Å²) in [5, 5.41) is 3.25. The van der Waals surface area contributed by atoms with E-state index in [0.29, 0.717) is 0 Å². The number of hydrogen-bond donors (Lipinski definition) is 2. The van der Waals surface area contributed by atoms with E-state index >= 15 is 0 Å². The topological polar surface area (TPSA) is 49.9 Å². The number of anilines is 2. The number of nitrogens with zero attached hydrogens (tertiary/aromatic N) is 1. The van der Waals surface area contributed by atoms with Gasteiger partial charge in [0.2, 0.25) is 5.95 Å². The zero-order valence-corrected chi connectivity index (χ0v) is 12.1. The molecule has 0 aliphatic heterocycles. The van der Waals surface area contributed by atoms with Crippen molar-refractivity contribution in [1.82, 2.24) is 9.97 Å². The summed E-state index contributed by atoms with van der Waals surface area (Å²) < 4.78 is 5.16. The molecular formula is C17H17N3O. The van der Waals surface area contributed by atoms with Gasteiger partial charge in [0.25, 0.3) is 0 Å². The number of aromatic amines is 1. The van der Waals surface area contributed by atoms with E-state index in [0.717, 1.165) is 28.6 Å². The van der Waals surface area contributed by atoms with E-state index in [1.165, 1.54) is 5.56 Å². The highest BCUT2D eigenvalue weighted by molar-refractivity contribution is 5.63. The number of hydrogen-bond acceptors (Lipinski definition) is 3. The second-order valence-corrected chi connectivity index (χ2v) is 4.87. The molecule has 0 saturated heterocycles. The van der Waals surface area contributed by atoms with Gasteiger partial charge in [-0.05, 0) is 48.9 Å². The lowest BCUT2D eigenvalue weighted by molar-refractivity contribution is 0.415. The van der Waals surface area contributed by atoms with Gasteiger partial charge in [0.1, 0.15) is 5.75 Å². The lowest BCUT2D eigenvalue weighted by atomic mass is 10.2. The van der Waals surface area contributed by atoms with Crippen LogP contribution in [0.25, 0.3) is 11.3 Å². The van der Waals surface area contributed by atoms with Crippen LogP contribution in [0.5, 0.6) is 5.75 Å². The SMILES string of the molecule is COc1ccc(-c2cnc(Nc3ccc(C)cc3)[nH]2)cc1. The molecule has 1 aromatic heterocycles. The molecular weight excluding hydrogens is 262 g/mol. The first kappa shape index (κ1) is 13.2. The second-order valence-electron chi connectivity index (χ2n) is 4.87. The van der Waals surface area contributed by atoms with E-state index in [1.807, 2.05) is 42.6 Å². The average Bonchev–Trinajstić information content (AvgIpc) is 2.98. The first-order valence-electron chi connectivity index (χ1n) is 6.78. The van der Waals surface area contributed by atoms with Crippen molar-refractivity contribution in [3.8, 4) is 17.0 Å². The lowest BCUT2D eigenvalue weighted by Crippen LogP contribution is -1.92. The molecule has 0 atom stereocenters. The molecule has 4 nitrogen and oxygen atoms in total. The van der Waals surface area contributed by atoms with E-state index in [4.69, 9.17) is 4.74 Å². The summed E-state index contributed by atoms with van der Waals surface area (Å²) in [7, 11) is 1.66. The summed E-state index contributed by atoms with van der Waals surface area (Å²) in [6, 6.07) is 16.1. The van der Waals surface area contributed by atoms with Crippen LogP contribution in [-0.4, -0.2) is 17.1 Å². The molecule has 3 rings (SSSR count). The van der Waals surface area contributed by atoms with E-state index in [-0.39, 0.29) is 0 Å². The monoisotopic (exact) mass is 279 g/mol. The Morgan fingerprint density at radius 1 is 1.00 bits per heavy atom. The van der Waals surface area contributed by atoms with Crippen molar-refractivity contribution in [2.75, 3.05) is 12.4 Å². The normalized spacial score (nSPS) is 10.4. The van der Waals surface area contributed by atoms with Crippen molar-refractivity contribution >= 4 is 11.6 Å². The number of aryl methyl sites for hydroxylation is 1. The fourth-order valence-electron chi connectivity index (χ4n) is 2.08. The fourth-order valence-corrected chi connectivity index (χ4v) is 2.08. The Morgan fingerprint density at radius 2 is 1.71 bits per heavy atom. The number of benzene rings is 2. The van der Waals surface area contributed by atoms with Crippen molar-refractivity contribution < 1.29 is 4.74 Å². The van der Waals surface area contributed by atoms with Crippen molar-refractivity contribution in [1.29, 1.82) is 0 Å². The lowest BCUT2D eigenvalue weighted by Gasteiger charge is -2.03. The Labute approximate surface area is 123 Å². The third kappa shape index (κ3) is 3.05. The molecule has 2 N–H and O–H groups in total. The zero-order valence-electron chi connectivity index (χ0n) is 12.1. The molecule has 0 spiro atoms. The summed E-state index contributed by atoms with van der Waals surface area (Å²) in [6.45, 7) is 2.07. The molecule has 0 amide bonds. The van der Waals surface area contributed by atoms with Crippen LogP contribution in [0.3, 0.4) is 0 Å². The van der Waals surface area contributed by atoms with Crippen LogP contribution in [-0.2, 0) is 0 Å². The predicted molar refractivity (Wildman–Crippen MR) is 85.0 cm³/mol. The molecule has 0 unspecified atom stereocenters. The summed E-state index contributed by atoms with van der Waals surface area (Å²) in [6.07, 6.45) is 1.82. The van der Waals surface area contributed by atoms with Gasteiger partial charge in [-0.2, -0.15) is 0 Å². The van der Waals surface area contributed by atoms with E-state index in [9.17, 15) is 0 Å². The molecule has 2 aromatic carbocycles. The van der Waals surface area contributed by atoms with Gasteiger partial charge >= 0.3 is 0 Å². The van der Waals surface area contributed by atoms with E-state index < -0.39 is 0 Å². The summed E-state index contributed by atoms with van der Waals surface area (Å²) >= 11 is 0. The summed E-state index contributed by atoms with van der Waals surface area (Å²) in [5.41, 5.74) is 4.28. The first-order chi connectivity index (χ1) is 10.2. The zero-order chi connectivity index (χ0) is 14.7. The number of aromatic nitrogens is 2. The summed E-state index contributed by atoms with van der Waals surface area (Å²) in [4.78, 5) is 7.62. The van der Waals surface area contributed by atoms with Gasteiger partial charge in [-0.15, -0.1) is 0 Å². The maximum atomic E-state index is 5.16. The van der Waals surface area contributed by atoms with Crippen molar-refractivity contribution in [2.24, 2.45) is 0 Å². The van der Waals surface area contributed by atoms with Crippen LogP contribution in [0.1, 0.15) is 5.56 Å². The van der Waals surface area contributed by atoms with Gasteiger partial charge in [0.05, 0.1) is 19.0 Å². The van der Waals surface area contributed by atoms with Crippen LogP contribution in [0.15, 0.2) is 54.7 Å². The molecule has 1 heterocycles. The predicted octanol–water partition coefficient (Wildman–Crippen LogP) is 4.14.